The lowest BCUT2D eigenvalue weighted by atomic mass is 9.98. The third-order valence-corrected chi connectivity index (χ3v) is 6.24. The Morgan fingerprint density at radius 1 is 1.30 bits per heavy atom. The number of carbonyl (C=O) groups is 1. The molecule has 0 unspecified atom stereocenters. The minimum absolute atomic E-state index is 0.0537. The molecule has 1 aliphatic rings. The first-order valence-corrected chi connectivity index (χ1v) is 9.84. The summed E-state index contributed by atoms with van der Waals surface area (Å²) in [6.45, 7) is 5.20. The fourth-order valence-electron chi connectivity index (χ4n) is 2.84. The number of piperidine rings is 1. The van der Waals surface area contributed by atoms with Crippen LogP contribution in [0.2, 0.25) is 0 Å². The van der Waals surface area contributed by atoms with E-state index in [9.17, 15) is 13.2 Å². The first-order chi connectivity index (χ1) is 10.9. The smallest absolute Gasteiger partial charge is 0.224 e. The van der Waals surface area contributed by atoms with E-state index >= 15 is 0 Å². The minimum atomic E-state index is -3.22. The molecule has 23 heavy (non-hydrogen) atoms. The van der Waals surface area contributed by atoms with Gasteiger partial charge in [-0.25, -0.2) is 12.7 Å². The molecule has 1 fully saturated rings. The van der Waals surface area contributed by atoms with E-state index in [1.165, 1.54) is 9.87 Å². The fraction of sp³-hybridized carbons (Fsp3) is 0.588. The van der Waals surface area contributed by atoms with E-state index in [0.717, 1.165) is 18.4 Å². The Kier molecular flexibility index (Phi) is 6.18. The summed E-state index contributed by atoms with van der Waals surface area (Å²) < 4.78 is 25.8. The van der Waals surface area contributed by atoms with Crippen molar-refractivity contribution in [3.05, 3.63) is 35.4 Å². The van der Waals surface area contributed by atoms with E-state index in [-0.39, 0.29) is 17.6 Å². The quantitative estimate of drug-likeness (QED) is 0.863. The maximum absolute atomic E-state index is 12.3. The Hall–Kier alpha value is -1.40. The molecule has 2 rings (SSSR count). The summed E-state index contributed by atoms with van der Waals surface area (Å²) >= 11 is 0. The van der Waals surface area contributed by atoms with Crippen LogP contribution in [0, 0.1) is 12.8 Å². The van der Waals surface area contributed by atoms with E-state index in [1.54, 1.807) is 0 Å². The lowest BCUT2D eigenvalue weighted by Crippen LogP contribution is -2.45. The number of amides is 1. The molecule has 128 valence electrons. The van der Waals surface area contributed by atoms with Crippen molar-refractivity contribution in [2.75, 3.05) is 18.8 Å². The first-order valence-electron chi connectivity index (χ1n) is 8.23. The molecule has 0 radical (unpaired) electrons. The Balaban J connectivity index is 1.90. The highest BCUT2D eigenvalue weighted by Gasteiger charge is 2.31. The molecule has 1 amide bonds. The van der Waals surface area contributed by atoms with Crippen molar-refractivity contribution in [2.24, 2.45) is 5.92 Å². The van der Waals surface area contributed by atoms with Gasteiger partial charge in [0.05, 0.1) is 11.7 Å². The molecule has 1 saturated heterocycles. The lowest BCUT2D eigenvalue weighted by molar-refractivity contribution is -0.126. The Morgan fingerprint density at radius 2 is 2.00 bits per heavy atom. The summed E-state index contributed by atoms with van der Waals surface area (Å²) in [5, 5.41) is 2.93. The van der Waals surface area contributed by atoms with Crippen LogP contribution < -0.4 is 5.32 Å². The maximum atomic E-state index is 12.3. The molecule has 1 heterocycles. The molecule has 0 aromatic heterocycles. The minimum Gasteiger partial charge on any atom is -0.352 e. The molecule has 1 aromatic carbocycles. The van der Waals surface area contributed by atoms with Gasteiger partial charge in [0.25, 0.3) is 0 Å². The van der Waals surface area contributed by atoms with Gasteiger partial charge in [-0.3, -0.25) is 4.79 Å². The second-order valence-electron chi connectivity index (χ2n) is 6.22. The third kappa shape index (κ3) is 5.04. The molecule has 1 atom stereocenters. The Bertz CT molecular complexity index is 626. The predicted molar refractivity (Wildman–Crippen MR) is 91.4 cm³/mol. The van der Waals surface area contributed by atoms with Gasteiger partial charge in [-0.2, -0.15) is 0 Å². The molecule has 5 nitrogen and oxygen atoms in total. The summed E-state index contributed by atoms with van der Waals surface area (Å²) in [6, 6.07) is 8.02. The van der Waals surface area contributed by atoms with Crippen LogP contribution in [0.5, 0.6) is 0 Å². The van der Waals surface area contributed by atoms with E-state index in [2.05, 4.69) is 5.32 Å². The zero-order chi connectivity index (χ0) is 16.9. The highest BCUT2D eigenvalue weighted by atomic mass is 32.2. The highest BCUT2D eigenvalue weighted by Crippen LogP contribution is 2.20. The largest absolute Gasteiger partial charge is 0.352 e. The van der Waals surface area contributed by atoms with Crippen molar-refractivity contribution < 1.29 is 13.2 Å². The molecule has 1 aromatic rings. The summed E-state index contributed by atoms with van der Waals surface area (Å²) in [6.07, 6.45) is 2.09. The van der Waals surface area contributed by atoms with Crippen LogP contribution >= 0.6 is 0 Å². The number of benzene rings is 1. The van der Waals surface area contributed by atoms with E-state index in [0.29, 0.717) is 26.1 Å². The number of aryl methyl sites for hydroxylation is 1. The number of hydrogen-bond acceptors (Lipinski definition) is 3. The number of carbonyl (C=O) groups excluding carboxylic acids is 1. The molecule has 0 saturated carbocycles. The van der Waals surface area contributed by atoms with Crippen LogP contribution in [0.25, 0.3) is 0 Å². The van der Waals surface area contributed by atoms with Crippen LogP contribution in [0.15, 0.2) is 24.3 Å². The Morgan fingerprint density at radius 3 is 2.65 bits per heavy atom. The SMILES string of the molecule is CCCS(=O)(=O)N1CCC[C@H](C(=O)NCc2ccc(C)cc2)C1. The number of rotatable bonds is 6. The van der Waals surface area contributed by atoms with E-state index in [1.807, 2.05) is 38.1 Å². The van der Waals surface area contributed by atoms with Gasteiger partial charge in [0.1, 0.15) is 0 Å². The monoisotopic (exact) mass is 338 g/mol. The van der Waals surface area contributed by atoms with Gasteiger partial charge in [0.15, 0.2) is 0 Å². The van der Waals surface area contributed by atoms with Crippen molar-refractivity contribution in [3.63, 3.8) is 0 Å². The average molecular weight is 338 g/mol. The van der Waals surface area contributed by atoms with Crippen LogP contribution in [0.1, 0.15) is 37.3 Å². The highest BCUT2D eigenvalue weighted by molar-refractivity contribution is 7.89. The van der Waals surface area contributed by atoms with Gasteiger partial charge in [-0.15, -0.1) is 0 Å². The van der Waals surface area contributed by atoms with Crippen molar-refractivity contribution in [1.82, 2.24) is 9.62 Å². The van der Waals surface area contributed by atoms with Gasteiger partial charge in [-0.1, -0.05) is 36.8 Å². The molecule has 0 aliphatic carbocycles. The van der Waals surface area contributed by atoms with Crippen molar-refractivity contribution >= 4 is 15.9 Å². The van der Waals surface area contributed by atoms with Crippen molar-refractivity contribution in [3.8, 4) is 0 Å². The number of sulfonamides is 1. The first kappa shape index (κ1) is 17.9. The Labute approximate surface area is 139 Å². The summed E-state index contributed by atoms with van der Waals surface area (Å²) in [7, 11) is -3.22. The predicted octanol–water partition coefficient (Wildman–Crippen LogP) is 2.06. The van der Waals surface area contributed by atoms with E-state index in [4.69, 9.17) is 0 Å². The third-order valence-electron chi connectivity index (χ3n) is 4.20. The molecule has 1 aliphatic heterocycles. The second kappa shape index (κ2) is 7.93. The van der Waals surface area contributed by atoms with Crippen LogP contribution in [0.4, 0.5) is 0 Å². The van der Waals surface area contributed by atoms with Crippen LogP contribution in [0.3, 0.4) is 0 Å². The fourth-order valence-corrected chi connectivity index (χ4v) is 4.42. The molecular weight excluding hydrogens is 312 g/mol. The second-order valence-corrected chi connectivity index (χ2v) is 8.31. The standard InChI is InChI=1S/C17H26N2O3S/c1-3-11-23(21,22)19-10-4-5-16(13-19)17(20)18-12-15-8-6-14(2)7-9-15/h6-9,16H,3-5,10-13H2,1-2H3,(H,18,20)/t16-/m0/s1. The van der Waals surface area contributed by atoms with Gasteiger partial charge in [0.2, 0.25) is 15.9 Å². The molecular formula is C17H26N2O3S. The average Bonchev–Trinajstić information content (AvgIpc) is 2.54. The van der Waals surface area contributed by atoms with Crippen LogP contribution in [-0.2, 0) is 21.4 Å². The maximum Gasteiger partial charge on any atom is 0.224 e. The number of hydrogen-bond donors (Lipinski definition) is 1. The van der Waals surface area contributed by atoms with Crippen molar-refractivity contribution in [1.29, 1.82) is 0 Å². The summed E-state index contributed by atoms with van der Waals surface area (Å²) in [4.78, 5) is 12.3. The molecule has 0 bridgehead atoms. The van der Waals surface area contributed by atoms with Gasteiger partial charge in [-0.05, 0) is 31.7 Å². The molecule has 1 N–H and O–H groups in total. The summed E-state index contributed by atoms with van der Waals surface area (Å²) in [5.74, 6) is -0.146. The zero-order valence-electron chi connectivity index (χ0n) is 13.9. The van der Waals surface area contributed by atoms with Gasteiger partial charge >= 0.3 is 0 Å². The number of nitrogens with zero attached hydrogens (tertiary/aromatic N) is 1. The van der Waals surface area contributed by atoms with Gasteiger partial charge < -0.3 is 5.32 Å². The zero-order valence-corrected chi connectivity index (χ0v) is 14.7. The van der Waals surface area contributed by atoms with Crippen molar-refractivity contribution in [2.45, 2.75) is 39.7 Å². The lowest BCUT2D eigenvalue weighted by Gasteiger charge is -2.31. The van der Waals surface area contributed by atoms with Gasteiger partial charge in [0, 0.05) is 19.6 Å². The topological polar surface area (TPSA) is 66.5 Å². The molecule has 0 spiro atoms. The number of nitrogens with one attached hydrogen (secondary N) is 1. The van der Waals surface area contributed by atoms with Crippen LogP contribution in [-0.4, -0.2) is 37.5 Å². The normalized spacial score (nSPS) is 19.5. The molecule has 6 heteroatoms. The van der Waals surface area contributed by atoms with E-state index < -0.39 is 10.0 Å². The summed E-state index contributed by atoms with van der Waals surface area (Å²) in [5.41, 5.74) is 2.24.